The second kappa shape index (κ2) is 9.48. The van der Waals surface area contributed by atoms with E-state index >= 15 is 0 Å². The maximum Gasteiger partial charge on any atom is 0.191 e. The molecule has 0 aromatic rings. The van der Waals surface area contributed by atoms with Crippen LogP contribution in [0.1, 0.15) is 52.4 Å². The maximum atomic E-state index is 9.32. The van der Waals surface area contributed by atoms with Gasteiger partial charge in [0.05, 0.1) is 13.2 Å². The smallest absolute Gasteiger partial charge is 0.191 e. The van der Waals surface area contributed by atoms with Crippen LogP contribution in [0.25, 0.3) is 0 Å². The van der Waals surface area contributed by atoms with Gasteiger partial charge in [0, 0.05) is 31.7 Å². The van der Waals surface area contributed by atoms with Gasteiger partial charge >= 0.3 is 0 Å². The highest BCUT2D eigenvalue weighted by atomic mass is 16.5. The Labute approximate surface area is 141 Å². The summed E-state index contributed by atoms with van der Waals surface area (Å²) >= 11 is 0. The fraction of sp³-hybridized carbons (Fsp3) is 0.944. The first-order chi connectivity index (χ1) is 11.2. The van der Waals surface area contributed by atoms with Gasteiger partial charge in [-0.3, -0.25) is 4.99 Å². The standard InChI is InChI=1S/C18H35N3O2/c1-3-19-17(20-12-16-6-4-5-15(2)11-16)21-13-18(7-9-22)8-10-23-14-18/h15-16,22H,3-14H2,1-2H3,(H2,19,20,21). The summed E-state index contributed by atoms with van der Waals surface area (Å²) in [5.74, 6) is 2.54. The summed E-state index contributed by atoms with van der Waals surface area (Å²) in [5.41, 5.74) is 0.0243. The molecule has 0 spiro atoms. The summed E-state index contributed by atoms with van der Waals surface area (Å²) in [6.45, 7) is 8.80. The van der Waals surface area contributed by atoms with Gasteiger partial charge < -0.3 is 20.5 Å². The number of guanidine groups is 1. The number of nitrogens with zero attached hydrogens (tertiary/aromatic N) is 1. The summed E-state index contributed by atoms with van der Waals surface area (Å²) in [5, 5.41) is 16.2. The first kappa shape index (κ1) is 18.5. The van der Waals surface area contributed by atoms with Crippen molar-refractivity contribution in [1.82, 2.24) is 10.6 Å². The zero-order chi connectivity index (χ0) is 16.5. The van der Waals surface area contributed by atoms with E-state index in [1.54, 1.807) is 0 Å². The lowest BCUT2D eigenvalue weighted by molar-refractivity contribution is 0.131. The molecule has 3 atom stereocenters. The van der Waals surface area contributed by atoms with Crippen LogP contribution in [0.15, 0.2) is 4.99 Å². The second-order valence-corrected chi connectivity index (χ2v) is 7.49. The van der Waals surface area contributed by atoms with E-state index in [1.165, 1.54) is 25.7 Å². The van der Waals surface area contributed by atoms with E-state index in [0.29, 0.717) is 0 Å². The van der Waals surface area contributed by atoms with Crippen molar-refractivity contribution in [2.24, 2.45) is 22.2 Å². The normalized spacial score (nSPS) is 32.0. The molecular formula is C18H35N3O2. The van der Waals surface area contributed by atoms with Gasteiger partial charge in [0.15, 0.2) is 5.96 Å². The molecule has 5 nitrogen and oxygen atoms in total. The monoisotopic (exact) mass is 325 g/mol. The molecule has 2 fully saturated rings. The topological polar surface area (TPSA) is 65.9 Å². The average molecular weight is 325 g/mol. The molecule has 3 unspecified atom stereocenters. The van der Waals surface area contributed by atoms with Crippen molar-refractivity contribution in [3.8, 4) is 0 Å². The Morgan fingerprint density at radius 1 is 1.35 bits per heavy atom. The van der Waals surface area contributed by atoms with Crippen LogP contribution >= 0.6 is 0 Å². The van der Waals surface area contributed by atoms with Gasteiger partial charge in [0.1, 0.15) is 0 Å². The van der Waals surface area contributed by atoms with Gasteiger partial charge in [0.25, 0.3) is 0 Å². The van der Waals surface area contributed by atoms with Gasteiger partial charge in [-0.05, 0) is 44.4 Å². The van der Waals surface area contributed by atoms with Crippen LogP contribution in [0.4, 0.5) is 0 Å². The Morgan fingerprint density at radius 2 is 2.22 bits per heavy atom. The van der Waals surface area contributed by atoms with Crippen LogP contribution in [-0.2, 0) is 4.74 Å². The minimum atomic E-state index is 0.0243. The predicted octanol–water partition coefficient (Wildman–Crippen LogP) is 2.16. The van der Waals surface area contributed by atoms with Gasteiger partial charge in [-0.2, -0.15) is 0 Å². The van der Waals surface area contributed by atoms with Crippen LogP contribution in [0.5, 0.6) is 0 Å². The number of nitrogens with one attached hydrogen (secondary N) is 2. The molecule has 2 rings (SSSR count). The highest BCUT2D eigenvalue weighted by molar-refractivity contribution is 5.79. The van der Waals surface area contributed by atoms with Crippen molar-refractivity contribution in [3.63, 3.8) is 0 Å². The Bertz CT molecular complexity index is 367. The fourth-order valence-electron chi connectivity index (χ4n) is 3.86. The number of hydrogen-bond acceptors (Lipinski definition) is 3. The van der Waals surface area contributed by atoms with E-state index in [4.69, 9.17) is 9.73 Å². The average Bonchev–Trinajstić information content (AvgIpc) is 2.99. The first-order valence-corrected chi connectivity index (χ1v) is 9.38. The third-order valence-corrected chi connectivity index (χ3v) is 5.35. The van der Waals surface area contributed by atoms with Gasteiger partial charge in [-0.15, -0.1) is 0 Å². The lowest BCUT2D eigenvalue weighted by Crippen LogP contribution is -2.41. The van der Waals surface area contributed by atoms with Crippen molar-refractivity contribution >= 4 is 5.96 Å². The van der Waals surface area contributed by atoms with E-state index in [1.807, 2.05) is 0 Å². The van der Waals surface area contributed by atoms with Crippen molar-refractivity contribution in [2.75, 3.05) is 39.5 Å². The van der Waals surface area contributed by atoms with Crippen LogP contribution in [-0.4, -0.2) is 50.5 Å². The molecule has 0 radical (unpaired) electrons. The lowest BCUT2D eigenvalue weighted by atomic mass is 9.82. The van der Waals surface area contributed by atoms with Gasteiger partial charge in [-0.1, -0.05) is 19.8 Å². The van der Waals surface area contributed by atoms with Crippen LogP contribution in [0.3, 0.4) is 0 Å². The maximum absolute atomic E-state index is 9.32. The van der Waals surface area contributed by atoms with Crippen molar-refractivity contribution in [1.29, 1.82) is 0 Å². The third kappa shape index (κ3) is 5.96. The molecule has 1 heterocycles. The zero-order valence-electron chi connectivity index (χ0n) is 14.9. The first-order valence-electron chi connectivity index (χ1n) is 9.38. The number of aliphatic hydroxyl groups excluding tert-OH is 1. The number of hydrogen-bond donors (Lipinski definition) is 3. The van der Waals surface area contributed by atoms with Crippen molar-refractivity contribution < 1.29 is 9.84 Å². The molecule has 0 bridgehead atoms. The summed E-state index contributed by atoms with van der Waals surface area (Å²) in [7, 11) is 0. The molecule has 5 heteroatoms. The number of aliphatic hydroxyl groups is 1. The molecule has 0 aromatic heterocycles. The minimum absolute atomic E-state index is 0.0243. The Kier molecular flexibility index (Phi) is 7.63. The Hall–Kier alpha value is -0.810. The molecule has 1 aliphatic carbocycles. The summed E-state index contributed by atoms with van der Waals surface area (Å²) in [4.78, 5) is 4.79. The van der Waals surface area contributed by atoms with Crippen LogP contribution < -0.4 is 10.6 Å². The zero-order valence-corrected chi connectivity index (χ0v) is 14.9. The lowest BCUT2D eigenvalue weighted by Gasteiger charge is -2.28. The summed E-state index contributed by atoms with van der Waals surface area (Å²) < 4.78 is 5.55. The number of rotatable bonds is 7. The van der Waals surface area contributed by atoms with Crippen molar-refractivity contribution in [2.45, 2.75) is 52.4 Å². The molecule has 1 saturated carbocycles. The van der Waals surface area contributed by atoms with Gasteiger partial charge in [-0.25, -0.2) is 0 Å². The quantitative estimate of drug-likeness (QED) is 0.496. The fourth-order valence-corrected chi connectivity index (χ4v) is 3.86. The molecule has 1 saturated heterocycles. The van der Waals surface area contributed by atoms with E-state index in [2.05, 4.69) is 24.5 Å². The second-order valence-electron chi connectivity index (χ2n) is 7.49. The molecule has 0 aromatic carbocycles. The molecule has 2 aliphatic rings. The number of ether oxygens (including phenoxy) is 1. The predicted molar refractivity (Wildman–Crippen MR) is 94.7 cm³/mol. The van der Waals surface area contributed by atoms with E-state index in [-0.39, 0.29) is 12.0 Å². The molecule has 1 aliphatic heterocycles. The highest BCUT2D eigenvalue weighted by Crippen LogP contribution is 2.32. The highest BCUT2D eigenvalue weighted by Gasteiger charge is 2.34. The molecular weight excluding hydrogens is 290 g/mol. The molecule has 3 N–H and O–H groups in total. The van der Waals surface area contributed by atoms with E-state index in [0.717, 1.165) is 63.5 Å². The van der Waals surface area contributed by atoms with E-state index < -0.39 is 0 Å². The SMILES string of the molecule is CCNC(=NCC1(CCO)CCOC1)NCC1CCCC(C)C1. The largest absolute Gasteiger partial charge is 0.396 e. The Balaban J connectivity index is 1.86. The summed E-state index contributed by atoms with van der Waals surface area (Å²) in [6, 6.07) is 0. The minimum Gasteiger partial charge on any atom is -0.396 e. The van der Waals surface area contributed by atoms with Crippen molar-refractivity contribution in [3.05, 3.63) is 0 Å². The van der Waals surface area contributed by atoms with E-state index in [9.17, 15) is 5.11 Å². The van der Waals surface area contributed by atoms with Crippen LogP contribution in [0.2, 0.25) is 0 Å². The van der Waals surface area contributed by atoms with Gasteiger partial charge in [0.2, 0.25) is 0 Å². The molecule has 23 heavy (non-hydrogen) atoms. The third-order valence-electron chi connectivity index (χ3n) is 5.35. The Morgan fingerprint density at radius 3 is 2.87 bits per heavy atom. The van der Waals surface area contributed by atoms with Crippen LogP contribution in [0, 0.1) is 17.3 Å². The molecule has 0 amide bonds. The summed E-state index contributed by atoms with van der Waals surface area (Å²) in [6.07, 6.45) is 7.17. The number of aliphatic imine (C=N–C) groups is 1. The molecule has 134 valence electrons.